The molecule has 0 saturated heterocycles. The first-order chi connectivity index (χ1) is 20.1. The largest absolute Gasteiger partial charge is 0.497 e. The minimum Gasteiger partial charge on any atom is -0.497 e. The van der Waals surface area contributed by atoms with Crippen molar-refractivity contribution in [3.05, 3.63) is 119 Å². The predicted octanol–water partition coefficient (Wildman–Crippen LogP) is 6.45. The number of fused-ring (bicyclic) bond motifs is 1. The lowest BCUT2D eigenvalue weighted by Crippen LogP contribution is -2.21. The Hall–Kier alpha value is -5.28. The van der Waals surface area contributed by atoms with Crippen molar-refractivity contribution >= 4 is 33.3 Å². The molecule has 2 heterocycles. The fourth-order valence-corrected chi connectivity index (χ4v) is 5.45. The second-order valence-electron chi connectivity index (χ2n) is 9.04. The summed E-state index contributed by atoms with van der Waals surface area (Å²) in [4.78, 5) is 37.5. The maximum Gasteiger partial charge on any atom is 0.266 e. The average Bonchev–Trinajstić information content (AvgIpc) is 3.45. The minimum absolute atomic E-state index is 0.216. The Kier molecular flexibility index (Phi) is 7.01. The van der Waals surface area contributed by atoms with Crippen LogP contribution in [0.1, 0.15) is 10.4 Å². The molecule has 2 aromatic heterocycles. The number of para-hydroxylation sites is 1. The fraction of sp³-hybridized carbons (Fsp3) is 0.0625. The van der Waals surface area contributed by atoms with Gasteiger partial charge in [0.05, 0.1) is 36.5 Å². The van der Waals surface area contributed by atoms with Crippen LogP contribution >= 0.6 is 11.3 Å². The molecular weight excluding hydrogens is 536 g/mol. The van der Waals surface area contributed by atoms with Crippen molar-refractivity contribution in [2.75, 3.05) is 19.5 Å². The number of hydrogen-bond donors (Lipinski definition) is 1. The van der Waals surface area contributed by atoms with E-state index in [1.165, 1.54) is 11.3 Å². The van der Waals surface area contributed by atoms with Gasteiger partial charge in [-0.1, -0.05) is 53.8 Å². The van der Waals surface area contributed by atoms with Crippen LogP contribution < -0.4 is 20.3 Å². The molecular formula is C32H24N4O4S. The summed E-state index contributed by atoms with van der Waals surface area (Å²) in [5.74, 6) is 1.43. The number of benzene rings is 4. The third-order valence-electron chi connectivity index (χ3n) is 6.56. The molecule has 0 aliphatic carbocycles. The molecule has 202 valence electrons. The summed E-state index contributed by atoms with van der Waals surface area (Å²) < 4.78 is 12.1. The van der Waals surface area contributed by atoms with E-state index in [1.54, 1.807) is 61.3 Å². The van der Waals surface area contributed by atoms with Crippen LogP contribution in [0.5, 0.6) is 11.5 Å². The smallest absolute Gasteiger partial charge is 0.266 e. The highest BCUT2D eigenvalue weighted by Crippen LogP contribution is 2.39. The first-order valence-corrected chi connectivity index (χ1v) is 13.6. The summed E-state index contributed by atoms with van der Waals surface area (Å²) in [7, 11) is 3.17. The van der Waals surface area contributed by atoms with E-state index in [-0.39, 0.29) is 11.5 Å². The van der Waals surface area contributed by atoms with Crippen LogP contribution in [0.15, 0.2) is 108 Å². The van der Waals surface area contributed by atoms with Crippen LogP contribution in [-0.2, 0) is 0 Å². The molecule has 6 rings (SSSR count). The Bertz CT molecular complexity index is 1920. The number of ether oxygens (including phenoxy) is 2. The SMILES string of the molecule is COc1ccc(C(=O)Nc2nc(-c3ccccc3)c(-c3nc4ccccc4c(=O)n3-c3ccc(OC)cc3)s2)cc1. The van der Waals surface area contributed by atoms with E-state index in [4.69, 9.17) is 19.4 Å². The van der Waals surface area contributed by atoms with Gasteiger partial charge in [0.1, 0.15) is 16.4 Å². The molecule has 1 N–H and O–H groups in total. The van der Waals surface area contributed by atoms with E-state index in [0.717, 1.165) is 5.56 Å². The summed E-state index contributed by atoms with van der Waals surface area (Å²) in [5.41, 5.74) is 2.86. The van der Waals surface area contributed by atoms with Gasteiger partial charge < -0.3 is 9.47 Å². The molecule has 0 atom stereocenters. The molecule has 0 fully saturated rings. The lowest BCUT2D eigenvalue weighted by Gasteiger charge is -2.14. The molecule has 0 aliphatic heterocycles. The van der Waals surface area contributed by atoms with Crippen molar-refractivity contribution in [3.8, 4) is 39.1 Å². The summed E-state index contributed by atoms with van der Waals surface area (Å²) in [5, 5.41) is 3.79. The van der Waals surface area contributed by atoms with Gasteiger partial charge in [0.15, 0.2) is 11.0 Å². The molecule has 0 unspecified atom stereocenters. The van der Waals surface area contributed by atoms with Crippen molar-refractivity contribution in [2.45, 2.75) is 0 Å². The van der Waals surface area contributed by atoms with Gasteiger partial charge in [0.2, 0.25) is 0 Å². The molecule has 0 saturated carbocycles. The van der Waals surface area contributed by atoms with Crippen LogP contribution in [0, 0.1) is 0 Å². The molecule has 41 heavy (non-hydrogen) atoms. The minimum atomic E-state index is -0.313. The number of aromatic nitrogens is 3. The molecule has 0 radical (unpaired) electrons. The molecule has 9 heteroatoms. The van der Waals surface area contributed by atoms with E-state index in [0.29, 0.717) is 55.2 Å². The van der Waals surface area contributed by atoms with Gasteiger partial charge in [-0.25, -0.2) is 9.97 Å². The van der Waals surface area contributed by atoms with Gasteiger partial charge >= 0.3 is 0 Å². The van der Waals surface area contributed by atoms with Crippen molar-refractivity contribution in [1.29, 1.82) is 0 Å². The topological polar surface area (TPSA) is 95.3 Å². The number of amides is 1. The normalized spacial score (nSPS) is 10.9. The van der Waals surface area contributed by atoms with Gasteiger partial charge in [-0.05, 0) is 60.7 Å². The highest BCUT2D eigenvalue weighted by atomic mass is 32.1. The summed E-state index contributed by atoms with van der Waals surface area (Å²) in [6.45, 7) is 0. The van der Waals surface area contributed by atoms with E-state index < -0.39 is 0 Å². The number of carbonyl (C=O) groups excluding carboxylic acids is 1. The summed E-state index contributed by atoms with van der Waals surface area (Å²) in [6.07, 6.45) is 0. The number of carbonyl (C=O) groups is 1. The summed E-state index contributed by atoms with van der Waals surface area (Å²) >= 11 is 1.26. The van der Waals surface area contributed by atoms with Crippen LogP contribution in [0.4, 0.5) is 5.13 Å². The maximum absolute atomic E-state index is 13.9. The van der Waals surface area contributed by atoms with Crippen LogP contribution in [0.2, 0.25) is 0 Å². The third kappa shape index (κ3) is 5.06. The zero-order valence-electron chi connectivity index (χ0n) is 22.2. The third-order valence-corrected chi connectivity index (χ3v) is 7.52. The lowest BCUT2D eigenvalue weighted by molar-refractivity contribution is 0.102. The van der Waals surface area contributed by atoms with Crippen molar-refractivity contribution in [2.24, 2.45) is 0 Å². The fourth-order valence-electron chi connectivity index (χ4n) is 4.48. The Labute approximate surface area is 239 Å². The number of nitrogens with one attached hydrogen (secondary N) is 1. The molecule has 1 amide bonds. The Balaban J connectivity index is 1.54. The number of rotatable bonds is 7. The van der Waals surface area contributed by atoms with E-state index >= 15 is 0 Å². The Morgan fingerprint density at radius 1 is 0.780 bits per heavy atom. The predicted molar refractivity (Wildman–Crippen MR) is 161 cm³/mol. The first kappa shape index (κ1) is 26.0. The standard InChI is InChI=1S/C32H24N4O4S/c1-39-23-16-12-21(13-17-23)30(37)35-32-34-27(20-8-4-3-5-9-20)28(41-32)29-33-26-11-7-6-10-25(26)31(38)36(29)22-14-18-24(40-2)19-15-22/h3-19H,1-2H3,(H,34,35,37). The molecule has 0 bridgehead atoms. The van der Waals surface area contributed by atoms with Gasteiger partial charge in [0, 0.05) is 11.1 Å². The van der Waals surface area contributed by atoms with E-state index in [1.807, 2.05) is 60.7 Å². The van der Waals surface area contributed by atoms with Gasteiger partial charge in [0.25, 0.3) is 11.5 Å². The molecule has 4 aromatic carbocycles. The number of methoxy groups -OCH3 is 2. The highest BCUT2D eigenvalue weighted by Gasteiger charge is 2.23. The molecule has 8 nitrogen and oxygen atoms in total. The second-order valence-corrected chi connectivity index (χ2v) is 10.0. The zero-order chi connectivity index (χ0) is 28.3. The van der Waals surface area contributed by atoms with Crippen molar-refractivity contribution in [1.82, 2.24) is 14.5 Å². The molecule has 6 aromatic rings. The average molecular weight is 561 g/mol. The molecule has 0 aliphatic rings. The maximum atomic E-state index is 13.9. The highest BCUT2D eigenvalue weighted by molar-refractivity contribution is 7.19. The van der Waals surface area contributed by atoms with E-state index in [9.17, 15) is 9.59 Å². The van der Waals surface area contributed by atoms with Crippen LogP contribution in [0.25, 0.3) is 38.5 Å². The monoisotopic (exact) mass is 560 g/mol. The van der Waals surface area contributed by atoms with Crippen LogP contribution in [0.3, 0.4) is 0 Å². The quantitative estimate of drug-likeness (QED) is 0.241. The Morgan fingerprint density at radius 2 is 1.41 bits per heavy atom. The number of nitrogens with zero attached hydrogens (tertiary/aromatic N) is 3. The Morgan fingerprint density at radius 3 is 2.10 bits per heavy atom. The number of hydrogen-bond acceptors (Lipinski definition) is 7. The van der Waals surface area contributed by atoms with Gasteiger partial charge in [-0.2, -0.15) is 0 Å². The van der Waals surface area contributed by atoms with Crippen molar-refractivity contribution in [3.63, 3.8) is 0 Å². The van der Waals surface area contributed by atoms with Gasteiger partial charge in [-0.15, -0.1) is 0 Å². The number of thiazole rings is 1. The van der Waals surface area contributed by atoms with Crippen molar-refractivity contribution < 1.29 is 14.3 Å². The van der Waals surface area contributed by atoms with E-state index in [2.05, 4.69) is 5.32 Å². The number of anilines is 1. The van der Waals surface area contributed by atoms with Gasteiger partial charge in [-0.3, -0.25) is 19.5 Å². The lowest BCUT2D eigenvalue weighted by atomic mass is 10.1. The molecule has 0 spiro atoms. The second kappa shape index (κ2) is 11.1. The first-order valence-electron chi connectivity index (χ1n) is 12.7. The summed E-state index contributed by atoms with van der Waals surface area (Å²) in [6, 6.07) is 30.9. The zero-order valence-corrected chi connectivity index (χ0v) is 23.0. The van der Waals surface area contributed by atoms with Crippen LogP contribution in [-0.4, -0.2) is 34.7 Å².